The lowest BCUT2D eigenvalue weighted by molar-refractivity contribution is 0.444. The molecule has 3 rings (SSSR count). The second-order valence-electron chi connectivity index (χ2n) is 15.0. The Balaban J connectivity index is 2.26. The average Bonchev–Trinajstić information content (AvgIpc) is 2.78. The number of phenols is 2. The lowest BCUT2D eigenvalue weighted by atomic mass is 9.78. The third-order valence-corrected chi connectivity index (χ3v) is 7.64. The van der Waals surface area contributed by atoms with Crippen molar-refractivity contribution < 1.29 is 10.2 Å². The topological polar surface area (TPSA) is 65.2 Å². The highest BCUT2D eigenvalue weighted by atomic mass is 79.9. The first-order valence-electron chi connectivity index (χ1n) is 14.2. The van der Waals surface area contributed by atoms with E-state index in [-0.39, 0.29) is 33.2 Å². The van der Waals surface area contributed by atoms with Crippen LogP contribution in [0, 0.1) is 0 Å². The number of rotatable bonds is 4. The first kappa shape index (κ1) is 32.6. The number of benzene rings is 3. The number of hydrogen-bond acceptors (Lipinski definition) is 4. The number of nitrogens with zero attached hydrogens (tertiary/aromatic N) is 2. The maximum Gasteiger partial charge on any atom is 0.121 e. The molecule has 0 aliphatic heterocycles. The molecule has 0 heterocycles. The highest BCUT2D eigenvalue weighted by Crippen LogP contribution is 2.46. The lowest BCUT2D eigenvalue weighted by Crippen LogP contribution is -2.17. The molecule has 0 saturated carbocycles. The Hall–Kier alpha value is -2.92. The molecule has 3 aromatic carbocycles. The summed E-state index contributed by atoms with van der Waals surface area (Å²) in [5.74, 6) is 0.505. The van der Waals surface area contributed by atoms with Crippen LogP contribution >= 0.6 is 15.9 Å². The van der Waals surface area contributed by atoms with E-state index in [1.54, 1.807) is 12.1 Å². The van der Waals surface area contributed by atoms with E-state index in [2.05, 4.69) is 99.0 Å². The molecule has 0 saturated heterocycles. The number of phenolic OH excluding ortho intramolecular Hbond substituents is 2. The van der Waals surface area contributed by atoms with Gasteiger partial charge in [-0.25, -0.2) is 0 Å². The van der Waals surface area contributed by atoms with E-state index in [0.717, 1.165) is 49.2 Å². The van der Waals surface area contributed by atoms with Crippen LogP contribution in [0.1, 0.15) is 116 Å². The second kappa shape index (κ2) is 11.4. The first-order valence-corrected chi connectivity index (χ1v) is 15.0. The molecule has 0 bridgehead atoms. The summed E-state index contributed by atoms with van der Waals surface area (Å²) in [5, 5.41) is 21.8. The van der Waals surface area contributed by atoms with E-state index < -0.39 is 0 Å². The predicted octanol–water partition coefficient (Wildman–Crippen LogP) is 10.6. The Morgan fingerprint density at radius 2 is 0.927 bits per heavy atom. The van der Waals surface area contributed by atoms with Crippen molar-refractivity contribution in [2.75, 3.05) is 0 Å². The van der Waals surface area contributed by atoms with E-state index in [9.17, 15) is 10.2 Å². The van der Waals surface area contributed by atoms with Crippen LogP contribution in [0.2, 0.25) is 0 Å². The van der Waals surface area contributed by atoms with Crippen LogP contribution in [-0.2, 0) is 21.7 Å². The van der Waals surface area contributed by atoms with Crippen LogP contribution in [0.25, 0.3) is 0 Å². The summed E-state index contributed by atoms with van der Waals surface area (Å²) in [6.45, 7) is 25.6. The molecule has 0 fully saturated rings. The molecule has 5 heteroatoms. The van der Waals surface area contributed by atoms with Crippen molar-refractivity contribution in [3.63, 3.8) is 0 Å². The molecule has 0 amide bonds. The second-order valence-corrected chi connectivity index (χ2v) is 15.9. The zero-order valence-electron chi connectivity index (χ0n) is 26.9. The van der Waals surface area contributed by atoms with Crippen molar-refractivity contribution >= 4 is 39.7 Å². The van der Waals surface area contributed by atoms with Gasteiger partial charge in [-0.15, -0.1) is 0 Å². The lowest BCUT2D eigenvalue weighted by Gasteiger charge is -2.29. The highest BCUT2D eigenvalue weighted by Gasteiger charge is 2.29. The predicted molar refractivity (Wildman–Crippen MR) is 180 cm³/mol. The van der Waals surface area contributed by atoms with Gasteiger partial charge in [0.1, 0.15) is 11.5 Å². The maximum absolute atomic E-state index is 10.9. The van der Waals surface area contributed by atoms with Crippen LogP contribution < -0.4 is 0 Å². The van der Waals surface area contributed by atoms with Gasteiger partial charge < -0.3 is 10.2 Å². The quantitative estimate of drug-likeness (QED) is 0.285. The van der Waals surface area contributed by atoms with Gasteiger partial charge in [-0.05, 0) is 57.1 Å². The SMILES string of the molecule is CC(C)(C)c1ccc(O)c(C(C)(C)C)c1N=Cc1ccc(Br)cc1C=Nc1c(C(C)(C)C)ccc(O)c1C(C)(C)C. The molecule has 41 heavy (non-hydrogen) atoms. The van der Waals surface area contributed by atoms with Gasteiger partial charge in [0.05, 0.1) is 11.4 Å². The Bertz CT molecular complexity index is 1490. The van der Waals surface area contributed by atoms with Gasteiger partial charge in [-0.1, -0.05) is 117 Å². The Morgan fingerprint density at radius 3 is 1.29 bits per heavy atom. The average molecular weight is 620 g/mol. The standard InChI is InChI=1S/C36H47BrN2O2/c1-33(2,3)25-15-17-27(40)29(35(7,8)9)31(25)38-20-22-13-14-24(37)19-23(22)21-39-32-26(34(4,5)6)16-18-28(41)30(32)36(10,11)12/h13-21,40-41H,1-12H3. The monoisotopic (exact) mass is 618 g/mol. The Morgan fingerprint density at radius 1 is 0.537 bits per heavy atom. The van der Waals surface area contributed by atoms with Gasteiger partial charge in [0, 0.05) is 39.2 Å². The number of aromatic hydroxyl groups is 2. The molecule has 4 nitrogen and oxygen atoms in total. The van der Waals surface area contributed by atoms with E-state index in [0.29, 0.717) is 0 Å². The number of halogens is 1. The Labute approximate surface area is 255 Å². The fourth-order valence-corrected chi connectivity index (χ4v) is 5.54. The van der Waals surface area contributed by atoms with Crippen LogP contribution in [0.15, 0.2) is 56.9 Å². The molecule has 220 valence electrons. The van der Waals surface area contributed by atoms with E-state index in [1.165, 1.54) is 0 Å². The third kappa shape index (κ3) is 7.48. The largest absolute Gasteiger partial charge is 0.508 e. The fraction of sp³-hybridized carbons (Fsp3) is 0.444. The van der Waals surface area contributed by atoms with Gasteiger partial charge >= 0.3 is 0 Å². The fourth-order valence-electron chi connectivity index (χ4n) is 5.16. The normalized spacial score (nSPS) is 13.5. The minimum Gasteiger partial charge on any atom is -0.508 e. The van der Waals surface area contributed by atoms with Crippen LogP contribution in [0.4, 0.5) is 11.4 Å². The van der Waals surface area contributed by atoms with Gasteiger partial charge in [-0.2, -0.15) is 0 Å². The number of hydrogen-bond donors (Lipinski definition) is 2. The van der Waals surface area contributed by atoms with Crippen LogP contribution in [0.3, 0.4) is 0 Å². The van der Waals surface area contributed by atoms with Crippen molar-refractivity contribution in [2.24, 2.45) is 9.98 Å². The number of aliphatic imine (C=N–C) groups is 2. The highest BCUT2D eigenvalue weighted by molar-refractivity contribution is 9.10. The zero-order valence-corrected chi connectivity index (χ0v) is 28.4. The molecular formula is C36H47BrN2O2. The minimum atomic E-state index is -0.304. The summed E-state index contributed by atoms with van der Waals surface area (Å²) in [6, 6.07) is 13.6. The van der Waals surface area contributed by atoms with E-state index in [4.69, 9.17) is 9.98 Å². The summed E-state index contributed by atoms with van der Waals surface area (Å²) in [5.41, 5.74) is 6.27. The molecule has 0 spiro atoms. The third-order valence-electron chi connectivity index (χ3n) is 7.14. The zero-order chi connectivity index (χ0) is 31.1. The summed E-state index contributed by atoms with van der Waals surface area (Å²) < 4.78 is 0.933. The van der Waals surface area contributed by atoms with Crippen molar-refractivity contribution in [1.29, 1.82) is 0 Å². The van der Waals surface area contributed by atoms with Gasteiger partial charge in [0.15, 0.2) is 0 Å². The Kier molecular flexibility index (Phi) is 9.06. The van der Waals surface area contributed by atoms with Crippen molar-refractivity contribution in [1.82, 2.24) is 0 Å². The van der Waals surface area contributed by atoms with Crippen LogP contribution in [0.5, 0.6) is 11.5 Å². The molecular weight excluding hydrogens is 572 g/mol. The summed E-state index contributed by atoms with van der Waals surface area (Å²) in [7, 11) is 0. The van der Waals surface area contributed by atoms with Crippen molar-refractivity contribution in [2.45, 2.75) is 105 Å². The van der Waals surface area contributed by atoms with Gasteiger partial charge in [0.2, 0.25) is 0 Å². The molecule has 0 aliphatic rings. The smallest absolute Gasteiger partial charge is 0.121 e. The molecule has 0 aromatic heterocycles. The van der Waals surface area contributed by atoms with Gasteiger partial charge in [0.25, 0.3) is 0 Å². The molecule has 0 aliphatic carbocycles. The molecule has 2 N–H and O–H groups in total. The molecule has 3 aromatic rings. The first-order chi connectivity index (χ1) is 18.6. The minimum absolute atomic E-state index is 0.160. The molecule has 0 atom stereocenters. The summed E-state index contributed by atoms with van der Waals surface area (Å²) in [4.78, 5) is 10.1. The van der Waals surface area contributed by atoms with Crippen molar-refractivity contribution in [3.05, 3.63) is 80.3 Å². The van der Waals surface area contributed by atoms with E-state index >= 15 is 0 Å². The molecule has 0 radical (unpaired) electrons. The summed E-state index contributed by atoms with van der Waals surface area (Å²) in [6.07, 6.45) is 3.73. The van der Waals surface area contributed by atoms with E-state index in [1.807, 2.05) is 42.8 Å². The maximum atomic E-state index is 10.9. The van der Waals surface area contributed by atoms with Gasteiger partial charge in [-0.3, -0.25) is 9.98 Å². The summed E-state index contributed by atoms with van der Waals surface area (Å²) >= 11 is 3.63. The van der Waals surface area contributed by atoms with Crippen molar-refractivity contribution in [3.8, 4) is 11.5 Å². The molecule has 0 unspecified atom stereocenters. The van der Waals surface area contributed by atoms with Crippen LogP contribution in [-0.4, -0.2) is 22.6 Å².